The zero-order valence-electron chi connectivity index (χ0n) is 14.3. The van der Waals surface area contributed by atoms with E-state index in [-0.39, 0.29) is 0 Å². The number of hydrogen-bond donors (Lipinski definition) is 1. The van der Waals surface area contributed by atoms with Gasteiger partial charge in [0.1, 0.15) is 11.5 Å². The summed E-state index contributed by atoms with van der Waals surface area (Å²) in [6, 6.07) is 11.9. The molecule has 1 amide bonds. The Labute approximate surface area is 156 Å². The van der Waals surface area contributed by atoms with Gasteiger partial charge in [0.05, 0.1) is 19.9 Å². The van der Waals surface area contributed by atoms with Crippen molar-refractivity contribution in [3.05, 3.63) is 59.1 Å². The van der Waals surface area contributed by atoms with E-state index in [2.05, 4.69) is 5.32 Å². The third-order valence-electron chi connectivity index (χ3n) is 3.31. The summed E-state index contributed by atoms with van der Waals surface area (Å²) in [6.07, 6.45) is 2.81. The van der Waals surface area contributed by atoms with Crippen LogP contribution in [0.25, 0.3) is 6.08 Å². The lowest BCUT2D eigenvalue weighted by molar-refractivity contribution is -0.142. The Morgan fingerprint density at radius 2 is 1.81 bits per heavy atom. The van der Waals surface area contributed by atoms with Gasteiger partial charge in [-0.15, -0.1) is 0 Å². The lowest BCUT2D eigenvalue weighted by Gasteiger charge is -2.11. The number of anilines is 1. The number of amides is 1. The van der Waals surface area contributed by atoms with Gasteiger partial charge in [0.2, 0.25) is 0 Å². The molecule has 2 rings (SSSR count). The number of halogens is 1. The molecule has 0 aliphatic rings. The first kappa shape index (κ1) is 19.3. The number of hydrogen-bond acceptors (Lipinski definition) is 5. The van der Waals surface area contributed by atoms with Crippen molar-refractivity contribution in [1.82, 2.24) is 0 Å². The smallest absolute Gasteiger partial charge is 0.331 e. The van der Waals surface area contributed by atoms with Gasteiger partial charge in [-0.05, 0) is 35.9 Å². The number of esters is 1. The zero-order valence-corrected chi connectivity index (χ0v) is 15.1. The van der Waals surface area contributed by atoms with Crippen LogP contribution in [0.4, 0.5) is 5.69 Å². The van der Waals surface area contributed by atoms with Gasteiger partial charge in [-0.1, -0.05) is 23.7 Å². The predicted octanol–water partition coefficient (Wildman–Crippen LogP) is 3.55. The maximum atomic E-state index is 12.0. The average molecular weight is 376 g/mol. The molecule has 0 unspecified atom stereocenters. The van der Waals surface area contributed by atoms with Gasteiger partial charge in [0.25, 0.3) is 5.91 Å². The average Bonchev–Trinajstić information content (AvgIpc) is 2.65. The Bertz CT molecular complexity index is 802. The van der Waals surface area contributed by atoms with Crippen molar-refractivity contribution in [3.8, 4) is 11.5 Å². The van der Waals surface area contributed by atoms with E-state index >= 15 is 0 Å². The number of nitrogens with one attached hydrogen (secondary N) is 1. The van der Waals surface area contributed by atoms with Gasteiger partial charge in [0, 0.05) is 17.2 Å². The summed E-state index contributed by atoms with van der Waals surface area (Å²) in [5, 5.41) is 3.22. The maximum absolute atomic E-state index is 12.0. The Morgan fingerprint density at radius 1 is 1.08 bits per heavy atom. The van der Waals surface area contributed by atoms with Crippen LogP contribution in [-0.2, 0) is 14.3 Å². The molecule has 2 aromatic rings. The Hall–Kier alpha value is -2.99. The van der Waals surface area contributed by atoms with Gasteiger partial charge in [-0.3, -0.25) is 4.79 Å². The first-order valence-corrected chi connectivity index (χ1v) is 8.02. The fourth-order valence-electron chi connectivity index (χ4n) is 2.02. The van der Waals surface area contributed by atoms with Gasteiger partial charge < -0.3 is 19.5 Å². The van der Waals surface area contributed by atoms with E-state index in [1.165, 1.54) is 20.3 Å². The minimum atomic E-state index is -0.632. The van der Waals surface area contributed by atoms with Crippen molar-refractivity contribution in [2.45, 2.75) is 0 Å². The third-order valence-corrected chi connectivity index (χ3v) is 3.56. The molecule has 7 heteroatoms. The van der Waals surface area contributed by atoms with Crippen molar-refractivity contribution in [3.63, 3.8) is 0 Å². The fraction of sp³-hybridized carbons (Fsp3) is 0.158. The molecule has 1 N–H and O–H groups in total. The second-order valence-electron chi connectivity index (χ2n) is 5.11. The minimum absolute atomic E-state index is 0.421. The van der Waals surface area contributed by atoms with Crippen molar-refractivity contribution < 1.29 is 23.8 Å². The molecule has 0 spiro atoms. The number of benzene rings is 2. The van der Waals surface area contributed by atoms with E-state index in [1.807, 2.05) is 0 Å². The van der Waals surface area contributed by atoms with Gasteiger partial charge >= 0.3 is 5.97 Å². The standard InChI is InChI=1S/C19H18ClNO5/c1-24-15-8-9-17(25-2)16(11-15)21-18(22)12-26-19(23)10-5-13-3-6-14(20)7-4-13/h3-11H,12H2,1-2H3,(H,21,22). The molecule has 0 heterocycles. The summed E-state index contributed by atoms with van der Waals surface area (Å²) in [5.41, 5.74) is 1.21. The molecule has 0 aromatic heterocycles. The first-order valence-electron chi connectivity index (χ1n) is 7.64. The molecule has 0 saturated heterocycles. The molecule has 0 aliphatic carbocycles. The van der Waals surface area contributed by atoms with Gasteiger partial charge in [-0.25, -0.2) is 4.79 Å². The summed E-state index contributed by atoms with van der Waals surface area (Å²) >= 11 is 5.79. The molecule has 26 heavy (non-hydrogen) atoms. The monoisotopic (exact) mass is 375 g/mol. The minimum Gasteiger partial charge on any atom is -0.497 e. The highest BCUT2D eigenvalue weighted by Gasteiger charge is 2.10. The lowest BCUT2D eigenvalue weighted by Crippen LogP contribution is -2.20. The lowest BCUT2D eigenvalue weighted by atomic mass is 10.2. The summed E-state index contributed by atoms with van der Waals surface area (Å²) in [5.74, 6) is -0.102. The van der Waals surface area contributed by atoms with Crippen LogP contribution in [0.5, 0.6) is 11.5 Å². The van der Waals surface area contributed by atoms with Crippen LogP contribution in [0, 0.1) is 0 Å². The van der Waals surface area contributed by atoms with Gasteiger partial charge in [-0.2, -0.15) is 0 Å². The summed E-state index contributed by atoms with van der Waals surface area (Å²) < 4.78 is 15.2. The maximum Gasteiger partial charge on any atom is 0.331 e. The molecular formula is C19H18ClNO5. The van der Waals surface area contributed by atoms with E-state index < -0.39 is 18.5 Å². The third kappa shape index (κ3) is 5.82. The van der Waals surface area contributed by atoms with Crippen LogP contribution in [0.15, 0.2) is 48.5 Å². The van der Waals surface area contributed by atoms with Gasteiger partial charge in [0.15, 0.2) is 6.61 Å². The molecule has 0 radical (unpaired) electrons. The molecular weight excluding hydrogens is 358 g/mol. The molecule has 2 aromatic carbocycles. The van der Waals surface area contributed by atoms with Crippen molar-refractivity contribution in [1.29, 1.82) is 0 Å². The summed E-state index contributed by atoms with van der Waals surface area (Å²) in [6.45, 7) is -0.426. The zero-order chi connectivity index (χ0) is 18.9. The number of methoxy groups -OCH3 is 2. The highest BCUT2D eigenvalue weighted by atomic mass is 35.5. The van der Waals surface area contributed by atoms with E-state index in [9.17, 15) is 9.59 Å². The van der Waals surface area contributed by atoms with Crippen LogP contribution >= 0.6 is 11.6 Å². The molecule has 6 nitrogen and oxygen atoms in total. The first-order chi connectivity index (χ1) is 12.5. The number of carbonyl (C=O) groups is 2. The number of carbonyl (C=O) groups excluding carboxylic acids is 2. The Morgan fingerprint density at radius 3 is 2.46 bits per heavy atom. The molecule has 0 aliphatic heterocycles. The Balaban J connectivity index is 1.88. The van der Waals surface area contributed by atoms with Crippen LogP contribution in [0.3, 0.4) is 0 Å². The van der Waals surface area contributed by atoms with E-state index in [1.54, 1.807) is 48.5 Å². The topological polar surface area (TPSA) is 73.9 Å². The second-order valence-corrected chi connectivity index (χ2v) is 5.54. The van der Waals surface area contributed by atoms with Crippen molar-refractivity contribution in [2.24, 2.45) is 0 Å². The number of ether oxygens (including phenoxy) is 3. The van der Waals surface area contributed by atoms with E-state index in [0.717, 1.165) is 5.56 Å². The molecule has 0 saturated carbocycles. The Kier molecular flexibility index (Phi) is 7.05. The molecule has 0 fully saturated rings. The summed E-state index contributed by atoms with van der Waals surface area (Å²) in [7, 11) is 3.00. The van der Waals surface area contributed by atoms with Crippen LogP contribution in [0.1, 0.15) is 5.56 Å². The van der Waals surface area contributed by atoms with Crippen molar-refractivity contribution >= 4 is 35.2 Å². The van der Waals surface area contributed by atoms with Crippen LogP contribution < -0.4 is 14.8 Å². The molecule has 0 atom stereocenters. The van der Waals surface area contributed by atoms with Crippen LogP contribution in [-0.4, -0.2) is 32.7 Å². The van der Waals surface area contributed by atoms with E-state index in [4.69, 9.17) is 25.8 Å². The normalized spacial score (nSPS) is 10.4. The van der Waals surface area contributed by atoms with Crippen LogP contribution in [0.2, 0.25) is 5.02 Å². The SMILES string of the molecule is COc1ccc(OC)c(NC(=O)COC(=O)C=Cc2ccc(Cl)cc2)c1. The largest absolute Gasteiger partial charge is 0.497 e. The summed E-state index contributed by atoms with van der Waals surface area (Å²) in [4.78, 5) is 23.7. The van der Waals surface area contributed by atoms with E-state index in [0.29, 0.717) is 22.2 Å². The fourth-order valence-corrected chi connectivity index (χ4v) is 2.15. The predicted molar refractivity (Wildman–Crippen MR) is 99.6 cm³/mol. The highest BCUT2D eigenvalue weighted by molar-refractivity contribution is 6.30. The molecule has 136 valence electrons. The highest BCUT2D eigenvalue weighted by Crippen LogP contribution is 2.28. The second kappa shape index (κ2) is 9.48. The van der Waals surface area contributed by atoms with Crippen molar-refractivity contribution in [2.75, 3.05) is 26.1 Å². The quantitative estimate of drug-likeness (QED) is 0.591. The number of rotatable bonds is 7. The molecule has 0 bridgehead atoms.